The molecular weight excluding hydrogens is 506 g/mol. The second kappa shape index (κ2) is 10.3. The predicted octanol–water partition coefficient (Wildman–Crippen LogP) is 8.40. The minimum absolute atomic E-state index is 0.584. The molecule has 0 atom stereocenters. The van der Waals surface area contributed by atoms with E-state index < -0.39 is 0 Å². The predicted molar refractivity (Wildman–Crippen MR) is 150 cm³/mol. The maximum Gasteiger partial charge on any atom is 0.117 e. The summed E-state index contributed by atoms with van der Waals surface area (Å²) in [5.74, 6) is 0.989. The molecule has 0 bridgehead atoms. The van der Waals surface area contributed by atoms with E-state index in [9.17, 15) is 0 Å². The molecule has 0 unspecified atom stereocenters. The SMILES string of the molecule is CSc1cccc(-c2ccc(-c3cc(CN(Cc4ccco4)C4CC4)nn3-c3ccccc3Cl)s2)c1. The summed E-state index contributed by atoms with van der Waals surface area (Å²) in [7, 11) is 0. The number of thioether (sulfide) groups is 1. The number of rotatable bonds is 9. The smallest absolute Gasteiger partial charge is 0.117 e. The highest BCUT2D eigenvalue weighted by Gasteiger charge is 2.30. The van der Waals surface area contributed by atoms with Crippen molar-refractivity contribution in [2.45, 2.75) is 36.9 Å². The summed E-state index contributed by atoms with van der Waals surface area (Å²) >= 11 is 10.2. The summed E-state index contributed by atoms with van der Waals surface area (Å²) in [5, 5.41) is 5.76. The lowest BCUT2D eigenvalue weighted by Crippen LogP contribution is -2.25. The van der Waals surface area contributed by atoms with E-state index in [-0.39, 0.29) is 0 Å². The normalized spacial score (nSPS) is 13.5. The number of benzene rings is 2. The largest absolute Gasteiger partial charge is 0.468 e. The minimum Gasteiger partial charge on any atom is -0.468 e. The van der Waals surface area contributed by atoms with Crippen LogP contribution in [0.2, 0.25) is 5.02 Å². The molecule has 6 rings (SSSR count). The first-order chi connectivity index (χ1) is 17.7. The van der Waals surface area contributed by atoms with E-state index in [1.165, 1.54) is 33.1 Å². The monoisotopic (exact) mass is 531 g/mol. The molecule has 0 radical (unpaired) electrons. The minimum atomic E-state index is 0.584. The first-order valence-corrected chi connectivity index (χ1v) is 14.4. The van der Waals surface area contributed by atoms with Crippen molar-refractivity contribution < 1.29 is 4.42 Å². The molecule has 1 saturated carbocycles. The van der Waals surface area contributed by atoms with Crippen LogP contribution in [-0.4, -0.2) is 27.0 Å². The molecule has 5 aromatic rings. The van der Waals surface area contributed by atoms with Crippen molar-refractivity contribution in [1.82, 2.24) is 14.7 Å². The third-order valence-corrected chi connectivity index (χ3v) is 8.62. The van der Waals surface area contributed by atoms with Crippen molar-refractivity contribution >= 4 is 34.7 Å². The molecule has 4 nitrogen and oxygen atoms in total. The Bertz CT molecular complexity index is 1470. The quantitative estimate of drug-likeness (QED) is 0.179. The Morgan fingerprint density at radius 3 is 2.64 bits per heavy atom. The Kier molecular flexibility index (Phi) is 6.76. The van der Waals surface area contributed by atoms with E-state index in [1.54, 1.807) is 29.4 Å². The third kappa shape index (κ3) is 5.04. The Morgan fingerprint density at radius 2 is 1.86 bits per heavy atom. The molecular formula is C29H26ClN3OS2. The number of furan rings is 1. The van der Waals surface area contributed by atoms with Gasteiger partial charge in [-0.05, 0) is 79.3 Å². The lowest BCUT2D eigenvalue weighted by atomic mass is 10.2. The van der Waals surface area contributed by atoms with E-state index in [0.29, 0.717) is 11.1 Å². The van der Waals surface area contributed by atoms with Gasteiger partial charge in [0, 0.05) is 22.4 Å². The molecule has 1 fully saturated rings. The molecule has 0 aliphatic heterocycles. The third-order valence-electron chi connectivity index (χ3n) is 6.42. The molecule has 2 aromatic carbocycles. The van der Waals surface area contributed by atoms with Gasteiger partial charge in [0.05, 0.1) is 39.8 Å². The van der Waals surface area contributed by atoms with Gasteiger partial charge in [0.1, 0.15) is 5.76 Å². The molecule has 0 spiro atoms. The number of hydrogen-bond donors (Lipinski definition) is 0. The number of thiophene rings is 1. The van der Waals surface area contributed by atoms with Crippen molar-refractivity contribution in [3.05, 3.63) is 102 Å². The van der Waals surface area contributed by atoms with E-state index in [1.807, 2.05) is 41.1 Å². The molecule has 3 heterocycles. The highest BCUT2D eigenvalue weighted by molar-refractivity contribution is 7.98. The standard InChI is InChI=1S/C29H26ClN3OS2/c1-35-24-8-4-6-20(16-24)28-13-14-29(36-28)27-17-21(31-33(27)26-10-3-2-9-25(26)30)18-32(22-11-12-22)19-23-7-5-15-34-23/h2-10,13-17,22H,11-12,18-19H2,1H3. The van der Waals surface area contributed by atoms with Gasteiger partial charge in [-0.2, -0.15) is 5.10 Å². The molecule has 7 heteroatoms. The Balaban J connectivity index is 1.37. The molecule has 36 heavy (non-hydrogen) atoms. The van der Waals surface area contributed by atoms with Crippen LogP contribution in [0.25, 0.3) is 26.7 Å². The summed E-state index contributed by atoms with van der Waals surface area (Å²) < 4.78 is 7.64. The van der Waals surface area contributed by atoms with Gasteiger partial charge in [-0.15, -0.1) is 23.1 Å². The van der Waals surface area contributed by atoms with Gasteiger partial charge < -0.3 is 4.42 Å². The zero-order chi connectivity index (χ0) is 24.5. The number of halogens is 1. The van der Waals surface area contributed by atoms with Crippen molar-refractivity contribution in [1.29, 1.82) is 0 Å². The zero-order valence-electron chi connectivity index (χ0n) is 19.9. The molecule has 1 aliphatic carbocycles. The van der Waals surface area contributed by atoms with Crippen molar-refractivity contribution in [3.8, 4) is 26.7 Å². The van der Waals surface area contributed by atoms with E-state index in [0.717, 1.165) is 35.9 Å². The van der Waals surface area contributed by atoms with E-state index in [4.69, 9.17) is 21.1 Å². The van der Waals surface area contributed by atoms with Crippen LogP contribution in [0.15, 0.2) is 94.4 Å². The van der Waals surface area contributed by atoms with E-state index >= 15 is 0 Å². The number of aromatic nitrogens is 2. The fraction of sp³-hybridized carbons (Fsp3) is 0.207. The highest BCUT2D eigenvalue weighted by atomic mass is 35.5. The lowest BCUT2D eigenvalue weighted by molar-refractivity contribution is 0.222. The Hall–Kier alpha value is -2.77. The Labute approximate surface area is 224 Å². The summed E-state index contributed by atoms with van der Waals surface area (Å²) in [5.41, 5.74) is 4.22. The molecule has 0 N–H and O–H groups in total. The summed E-state index contributed by atoms with van der Waals surface area (Å²) in [6, 6.07) is 27.8. The average Bonchev–Trinajstić information content (AvgIpc) is 3.25. The maximum absolute atomic E-state index is 6.64. The van der Waals surface area contributed by atoms with Gasteiger partial charge in [-0.25, -0.2) is 4.68 Å². The van der Waals surface area contributed by atoms with Crippen LogP contribution >= 0.6 is 34.7 Å². The topological polar surface area (TPSA) is 34.2 Å². The lowest BCUT2D eigenvalue weighted by Gasteiger charge is -2.19. The fourth-order valence-electron chi connectivity index (χ4n) is 4.46. The van der Waals surface area contributed by atoms with Crippen LogP contribution in [0.5, 0.6) is 0 Å². The van der Waals surface area contributed by atoms with Crippen molar-refractivity contribution in [2.24, 2.45) is 0 Å². The second-order valence-electron chi connectivity index (χ2n) is 9.00. The van der Waals surface area contributed by atoms with Crippen LogP contribution in [0.1, 0.15) is 24.3 Å². The zero-order valence-corrected chi connectivity index (χ0v) is 22.3. The highest BCUT2D eigenvalue weighted by Crippen LogP contribution is 2.38. The van der Waals surface area contributed by atoms with Crippen LogP contribution in [-0.2, 0) is 13.1 Å². The first-order valence-electron chi connectivity index (χ1n) is 12.0. The molecule has 3 aromatic heterocycles. The van der Waals surface area contributed by atoms with Crippen molar-refractivity contribution in [3.63, 3.8) is 0 Å². The van der Waals surface area contributed by atoms with Gasteiger partial charge in [0.25, 0.3) is 0 Å². The average molecular weight is 532 g/mol. The van der Waals surface area contributed by atoms with Gasteiger partial charge in [-0.1, -0.05) is 35.9 Å². The summed E-state index contributed by atoms with van der Waals surface area (Å²) in [6.07, 6.45) is 6.30. The van der Waals surface area contributed by atoms with E-state index in [2.05, 4.69) is 53.6 Å². The maximum atomic E-state index is 6.64. The molecule has 0 amide bonds. The van der Waals surface area contributed by atoms with Gasteiger partial charge >= 0.3 is 0 Å². The van der Waals surface area contributed by atoms with Crippen LogP contribution in [0.3, 0.4) is 0 Å². The Morgan fingerprint density at radius 1 is 1.00 bits per heavy atom. The first kappa shape index (κ1) is 23.6. The number of para-hydroxylation sites is 1. The number of hydrogen-bond acceptors (Lipinski definition) is 5. The second-order valence-corrected chi connectivity index (χ2v) is 11.4. The van der Waals surface area contributed by atoms with Crippen LogP contribution < -0.4 is 0 Å². The van der Waals surface area contributed by atoms with Gasteiger partial charge in [0.15, 0.2) is 0 Å². The molecule has 1 aliphatic rings. The molecule has 0 saturated heterocycles. The van der Waals surface area contributed by atoms with Crippen molar-refractivity contribution in [2.75, 3.05) is 6.26 Å². The number of nitrogens with zero attached hydrogens (tertiary/aromatic N) is 3. The van der Waals surface area contributed by atoms with Crippen LogP contribution in [0, 0.1) is 0 Å². The molecule has 182 valence electrons. The fourth-order valence-corrected chi connectivity index (χ4v) is 6.14. The summed E-state index contributed by atoms with van der Waals surface area (Å²) in [4.78, 5) is 6.15. The van der Waals surface area contributed by atoms with Gasteiger partial charge in [-0.3, -0.25) is 4.90 Å². The van der Waals surface area contributed by atoms with Gasteiger partial charge in [0.2, 0.25) is 0 Å². The summed E-state index contributed by atoms with van der Waals surface area (Å²) in [6.45, 7) is 1.56. The van der Waals surface area contributed by atoms with Crippen LogP contribution in [0.4, 0.5) is 0 Å².